The van der Waals surface area contributed by atoms with Crippen LogP contribution in [0.2, 0.25) is 0 Å². The number of hydrogen-bond acceptors (Lipinski definition) is 4. The minimum absolute atomic E-state index is 0.0640. The zero-order valence-electron chi connectivity index (χ0n) is 21.2. The van der Waals surface area contributed by atoms with Crippen LogP contribution in [0.3, 0.4) is 0 Å². The summed E-state index contributed by atoms with van der Waals surface area (Å²) in [5.41, 5.74) is 0.181. The number of alkyl halides is 3. The molecule has 1 fully saturated rings. The number of fused-ring (bicyclic) bond motifs is 1. The monoisotopic (exact) mass is 545 g/mol. The molecule has 2 aromatic carbocycles. The highest BCUT2D eigenvalue weighted by Crippen LogP contribution is 2.45. The Kier molecular flexibility index (Phi) is 7.88. The van der Waals surface area contributed by atoms with Crippen LogP contribution < -0.4 is 10.1 Å². The lowest BCUT2D eigenvalue weighted by Crippen LogP contribution is -2.53. The topological polar surface area (TPSA) is 75.6 Å². The number of ether oxygens (including phenoxy) is 1. The lowest BCUT2D eigenvalue weighted by atomic mass is 9.64. The van der Waals surface area contributed by atoms with Gasteiger partial charge in [-0.2, -0.15) is 13.2 Å². The maximum Gasteiger partial charge on any atom is 0.416 e. The van der Waals surface area contributed by atoms with Gasteiger partial charge in [-0.05, 0) is 66.5 Å². The van der Waals surface area contributed by atoms with Crippen molar-refractivity contribution in [1.82, 2.24) is 5.32 Å². The van der Waals surface area contributed by atoms with Gasteiger partial charge in [0.15, 0.2) is 0 Å². The second kappa shape index (κ2) is 10.8. The molecule has 38 heavy (non-hydrogen) atoms. The van der Waals surface area contributed by atoms with Crippen LogP contribution in [0.4, 0.5) is 13.2 Å². The molecule has 1 aromatic heterocycles. The third-order valence-electron chi connectivity index (χ3n) is 7.28. The predicted molar refractivity (Wildman–Crippen MR) is 141 cm³/mol. The van der Waals surface area contributed by atoms with Gasteiger partial charge in [-0.3, -0.25) is 4.79 Å². The summed E-state index contributed by atoms with van der Waals surface area (Å²) in [4.78, 5) is 25.9. The molecule has 4 rings (SSSR count). The summed E-state index contributed by atoms with van der Waals surface area (Å²) in [6.45, 7) is 7.99. The number of rotatable bonds is 8. The Balaban J connectivity index is 1.61. The zero-order chi connectivity index (χ0) is 27.7. The van der Waals surface area contributed by atoms with Crippen LogP contribution in [0.5, 0.6) is 5.75 Å². The summed E-state index contributed by atoms with van der Waals surface area (Å²) in [5, 5.41) is 15.4. The number of carboxylic acids is 1. The first-order valence-electron chi connectivity index (χ1n) is 12.4. The number of allylic oxidation sites excluding steroid dienone is 1. The van der Waals surface area contributed by atoms with Crippen LogP contribution in [0.25, 0.3) is 10.1 Å². The van der Waals surface area contributed by atoms with E-state index in [-0.39, 0.29) is 17.9 Å². The molecule has 1 aliphatic carbocycles. The van der Waals surface area contributed by atoms with Crippen LogP contribution >= 0.6 is 11.3 Å². The Morgan fingerprint density at radius 1 is 1.21 bits per heavy atom. The van der Waals surface area contributed by atoms with Gasteiger partial charge in [-0.25, -0.2) is 4.79 Å². The molecule has 0 radical (unpaired) electrons. The van der Waals surface area contributed by atoms with Gasteiger partial charge in [0.25, 0.3) is 5.91 Å². The van der Waals surface area contributed by atoms with E-state index < -0.39 is 35.1 Å². The first-order valence-corrected chi connectivity index (χ1v) is 13.3. The van der Waals surface area contributed by atoms with Crippen molar-refractivity contribution in [3.63, 3.8) is 0 Å². The van der Waals surface area contributed by atoms with E-state index in [9.17, 15) is 27.9 Å². The first kappa shape index (κ1) is 27.7. The van der Waals surface area contributed by atoms with Gasteiger partial charge >= 0.3 is 12.1 Å². The van der Waals surface area contributed by atoms with Crippen LogP contribution in [-0.2, 0) is 17.6 Å². The number of carbonyl (C=O) groups is 2. The molecule has 3 aromatic rings. The van der Waals surface area contributed by atoms with E-state index in [2.05, 4.69) is 18.8 Å². The van der Waals surface area contributed by atoms with Crippen molar-refractivity contribution in [3.05, 3.63) is 76.7 Å². The molecule has 2 N–H and O–H groups in total. The summed E-state index contributed by atoms with van der Waals surface area (Å²) in [7, 11) is 0. The minimum atomic E-state index is -4.44. The molecule has 5 nitrogen and oxygen atoms in total. The van der Waals surface area contributed by atoms with E-state index in [1.165, 1.54) is 23.5 Å². The van der Waals surface area contributed by atoms with Gasteiger partial charge in [0.05, 0.1) is 11.1 Å². The highest BCUT2D eigenvalue weighted by atomic mass is 32.1. The number of hydrogen-bond donors (Lipinski definition) is 2. The Morgan fingerprint density at radius 2 is 1.92 bits per heavy atom. The van der Waals surface area contributed by atoms with E-state index in [4.69, 9.17) is 4.74 Å². The highest BCUT2D eigenvalue weighted by molar-refractivity contribution is 7.17. The fraction of sp³-hybridized carbons (Fsp3) is 0.379. The van der Waals surface area contributed by atoms with E-state index in [0.717, 1.165) is 35.2 Å². The Morgan fingerprint density at radius 3 is 2.55 bits per heavy atom. The highest BCUT2D eigenvalue weighted by Gasteiger charge is 2.44. The quantitative estimate of drug-likeness (QED) is 0.288. The van der Waals surface area contributed by atoms with Crippen molar-refractivity contribution in [2.45, 2.75) is 58.4 Å². The second-order valence-corrected chi connectivity index (χ2v) is 11.2. The summed E-state index contributed by atoms with van der Waals surface area (Å²) in [6, 6.07) is 8.65. The van der Waals surface area contributed by atoms with Crippen molar-refractivity contribution in [1.29, 1.82) is 0 Å². The summed E-state index contributed by atoms with van der Waals surface area (Å²) < 4.78 is 45.6. The number of aliphatic carboxylic acids is 1. The summed E-state index contributed by atoms with van der Waals surface area (Å²) >= 11 is 1.45. The average molecular weight is 546 g/mol. The van der Waals surface area contributed by atoms with Gasteiger partial charge in [-0.1, -0.05) is 44.6 Å². The smallest absolute Gasteiger partial charge is 0.416 e. The number of carbonyl (C=O) groups excluding carboxylic acids is 1. The fourth-order valence-electron chi connectivity index (χ4n) is 5.40. The Hall–Kier alpha value is -3.33. The zero-order valence-corrected chi connectivity index (χ0v) is 22.0. The fourth-order valence-corrected chi connectivity index (χ4v) is 6.19. The molecule has 1 aliphatic rings. The Bertz CT molecular complexity index is 1350. The lowest BCUT2D eigenvalue weighted by molar-refractivity contribution is -0.143. The minimum Gasteiger partial charge on any atom is -0.487 e. The van der Waals surface area contributed by atoms with E-state index in [0.29, 0.717) is 29.7 Å². The predicted octanol–water partition coefficient (Wildman–Crippen LogP) is 7.45. The van der Waals surface area contributed by atoms with Crippen molar-refractivity contribution >= 4 is 33.3 Å². The molecule has 1 heterocycles. The SMILES string of the molecule is C=C1CC(CC)CC(C)([C@H](NC(=O)c2ccc3sccc3c2OCc2ccc(C(F)(F)F)cc2)C(=O)O)C1. The molecule has 202 valence electrons. The number of benzene rings is 2. The van der Waals surface area contributed by atoms with Crippen molar-refractivity contribution in [2.24, 2.45) is 11.3 Å². The van der Waals surface area contributed by atoms with Gasteiger partial charge in [0.2, 0.25) is 0 Å². The number of halogens is 3. The molecule has 0 aliphatic heterocycles. The largest absolute Gasteiger partial charge is 0.487 e. The van der Waals surface area contributed by atoms with Gasteiger partial charge in [-0.15, -0.1) is 11.3 Å². The molecule has 3 atom stereocenters. The van der Waals surface area contributed by atoms with Crippen molar-refractivity contribution in [3.8, 4) is 5.75 Å². The van der Waals surface area contributed by atoms with Gasteiger partial charge < -0.3 is 15.2 Å². The van der Waals surface area contributed by atoms with Gasteiger partial charge in [0.1, 0.15) is 18.4 Å². The number of carboxylic acid groups (broad SMARTS) is 1. The molecular weight excluding hydrogens is 515 g/mol. The third kappa shape index (κ3) is 5.88. The standard InChI is InChI=1S/C29H30F3NO4S/c1-4-18-13-17(2)14-28(3,15-18)25(27(35)36)33-26(34)22-9-10-23-21(11-12-38-23)24(22)37-16-19-5-7-20(8-6-19)29(30,31)32/h5-12,18,25H,2,4,13-16H2,1,3H3,(H,33,34)(H,35,36)/t18?,25-,28?/m1/s1. The normalized spacial score (nSPS) is 20.8. The van der Waals surface area contributed by atoms with Crippen LogP contribution in [0.15, 0.2) is 60.0 Å². The molecule has 0 bridgehead atoms. The molecule has 1 amide bonds. The number of amides is 1. The van der Waals surface area contributed by atoms with E-state index in [1.807, 2.05) is 12.3 Å². The molecule has 0 spiro atoms. The summed E-state index contributed by atoms with van der Waals surface area (Å²) in [6.07, 6.45) is -1.54. The lowest BCUT2D eigenvalue weighted by Gasteiger charge is -2.43. The molecule has 9 heteroatoms. The van der Waals surface area contributed by atoms with Crippen molar-refractivity contribution in [2.75, 3.05) is 0 Å². The molecule has 0 saturated heterocycles. The summed E-state index contributed by atoms with van der Waals surface area (Å²) in [5.74, 6) is -1.15. The molecular formula is C29H30F3NO4S. The third-order valence-corrected chi connectivity index (χ3v) is 8.16. The maximum atomic E-state index is 13.5. The van der Waals surface area contributed by atoms with E-state index in [1.54, 1.807) is 18.2 Å². The average Bonchev–Trinajstić information content (AvgIpc) is 3.33. The van der Waals surface area contributed by atoms with Crippen LogP contribution in [0, 0.1) is 11.3 Å². The molecule has 1 saturated carbocycles. The number of nitrogens with one attached hydrogen (secondary N) is 1. The number of thiophene rings is 1. The Labute approximate surface area is 223 Å². The maximum absolute atomic E-state index is 13.5. The van der Waals surface area contributed by atoms with Crippen molar-refractivity contribution < 1.29 is 32.6 Å². The van der Waals surface area contributed by atoms with E-state index >= 15 is 0 Å². The first-order chi connectivity index (χ1) is 17.9. The van der Waals surface area contributed by atoms with Crippen LogP contribution in [0.1, 0.15) is 61.0 Å². The van der Waals surface area contributed by atoms with Crippen LogP contribution in [-0.4, -0.2) is 23.0 Å². The molecule has 2 unspecified atom stereocenters. The second-order valence-electron chi connectivity index (χ2n) is 10.3. The van der Waals surface area contributed by atoms with Gasteiger partial charge in [0, 0.05) is 15.5 Å².